The predicted octanol–water partition coefficient (Wildman–Crippen LogP) is 0.468. The van der Waals surface area contributed by atoms with Crippen LogP contribution in [0.1, 0.15) is 17.4 Å². The number of esters is 1. The summed E-state index contributed by atoms with van der Waals surface area (Å²) < 4.78 is 6.16. The zero-order valence-corrected chi connectivity index (χ0v) is 8.34. The third kappa shape index (κ3) is 1.77. The van der Waals surface area contributed by atoms with Crippen molar-refractivity contribution < 1.29 is 9.53 Å². The summed E-state index contributed by atoms with van der Waals surface area (Å²) in [6.07, 6.45) is 0. The number of nitrogen functional groups attached to an aromatic ring is 1. The summed E-state index contributed by atoms with van der Waals surface area (Å²) in [6.45, 7) is 2.05. The second-order valence-electron chi connectivity index (χ2n) is 2.43. The summed E-state index contributed by atoms with van der Waals surface area (Å²) in [4.78, 5) is 11.7. The lowest BCUT2D eigenvalue weighted by Gasteiger charge is -2.01. The van der Waals surface area contributed by atoms with Crippen LogP contribution in [-0.4, -0.2) is 22.4 Å². The molecule has 0 spiro atoms. The highest BCUT2D eigenvalue weighted by Crippen LogP contribution is 2.20. The zero-order chi connectivity index (χ0) is 10.0. The first-order valence-electron chi connectivity index (χ1n) is 3.76. The van der Waals surface area contributed by atoms with E-state index in [4.69, 9.17) is 10.5 Å². The van der Waals surface area contributed by atoms with Gasteiger partial charge in [0.1, 0.15) is 0 Å². The van der Waals surface area contributed by atoms with Crippen LogP contribution < -0.4 is 5.73 Å². The molecule has 6 heteroatoms. The molecule has 0 bridgehead atoms. The van der Waals surface area contributed by atoms with Gasteiger partial charge in [0.25, 0.3) is 0 Å². The third-order valence-electron chi connectivity index (χ3n) is 1.52. The van der Waals surface area contributed by atoms with Crippen LogP contribution in [-0.2, 0) is 11.8 Å². The fourth-order valence-electron chi connectivity index (χ4n) is 0.962. The van der Waals surface area contributed by atoms with Crippen LogP contribution in [0.3, 0.4) is 0 Å². The molecular formula is C7H11N3O2S. The molecular weight excluding hydrogens is 190 g/mol. The molecule has 0 saturated carbocycles. The standard InChI is InChI=1S/C7H11N3O2S/c1-3-12-7(11)4-5(13)6(8)9-10(4)2/h13H,3H2,1-2H3,(H2,8,9). The molecule has 0 radical (unpaired) electrons. The Morgan fingerprint density at radius 3 is 2.77 bits per heavy atom. The first kappa shape index (κ1) is 9.91. The molecule has 1 aromatic heterocycles. The normalized spacial score (nSPS) is 10.1. The van der Waals surface area contributed by atoms with E-state index in [9.17, 15) is 4.79 Å². The maximum Gasteiger partial charge on any atom is 0.357 e. The Bertz CT molecular complexity index is 335. The largest absolute Gasteiger partial charge is 0.461 e. The number of anilines is 1. The summed E-state index contributed by atoms with van der Waals surface area (Å²) >= 11 is 4.06. The van der Waals surface area contributed by atoms with Crippen molar-refractivity contribution in [1.82, 2.24) is 9.78 Å². The molecule has 0 aliphatic carbocycles. The second kappa shape index (κ2) is 3.69. The monoisotopic (exact) mass is 201 g/mol. The van der Waals surface area contributed by atoms with E-state index in [1.807, 2.05) is 0 Å². The van der Waals surface area contributed by atoms with Gasteiger partial charge in [-0.15, -0.1) is 12.6 Å². The summed E-state index contributed by atoms with van der Waals surface area (Å²) in [5, 5.41) is 3.83. The van der Waals surface area contributed by atoms with Crippen LogP contribution >= 0.6 is 12.6 Å². The van der Waals surface area contributed by atoms with Gasteiger partial charge >= 0.3 is 5.97 Å². The minimum Gasteiger partial charge on any atom is -0.461 e. The maximum absolute atomic E-state index is 11.3. The fraction of sp³-hybridized carbons (Fsp3) is 0.429. The van der Waals surface area contributed by atoms with Crippen molar-refractivity contribution in [2.75, 3.05) is 12.3 Å². The topological polar surface area (TPSA) is 70.1 Å². The molecule has 0 saturated heterocycles. The van der Waals surface area contributed by atoms with E-state index in [1.54, 1.807) is 14.0 Å². The van der Waals surface area contributed by atoms with Gasteiger partial charge in [-0.2, -0.15) is 5.10 Å². The Hall–Kier alpha value is -1.17. The lowest BCUT2D eigenvalue weighted by atomic mass is 10.4. The quantitative estimate of drug-likeness (QED) is 0.539. The minimum atomic E-state index is -0.459. The minimum absolute atomic E-state index is 0.230. The van der Waals surface area contributed by atoms with E-state index in [2.05, 4.69) is 17.7 Å². The number of rotatable bonds is 2. The molecule has 1 aromatic rings. The van der Waals surface area contributed by atoms with E-state index in [0.29, 0.717) is 11.5 Å². The SMILES string of the molecule is CCOC(=O)c1c(S)c(N)nn1C. The number of nitrogens with two attached hydrogens (primary N) is 1. The van der Waals surface area contributed by atoms with E-state index in [1.165, 1.54) is 4.68 Å². The molecule has 0 amide bonds. The number of hydrogen-bond acceptors (Lipinski definition) is 5. The summed E-state index contributed by atoms with van der Waals surface area (Å²) in [5.74, 6) is -0.229. The molecule has 2 N–H and O–H groups in total. The van der Waals surface area contributed by atoms with Crippen LogP contribution in [0.5, 0.6) is 0 Å². The first-order valence-corrected chi connectivity index (χ1v) is 4.21. The lowest BCUT2D eigenvalue weighted by Crippen LogP contribution is -2.11. The van der Waals surface area contributed by atoms with Crippen molar-refractivity contribution in [2.45, 2.75) is 11.8 Å². The van der Waals surface area contributed by atoms with E-state index < -0.39 is 5.97 Å². The Morgan fingerprint density at radius 2 is 2.38 bits per heavy atom. The first-order chi connectivity index (χ1) is 6.07. The molecule has 0 unspecified atom stereocenters. The van der Waals surface area contributed by atoms with Gasteiger partial charge in [0, 0.05) is 7.05 Å². The molecule has 0 aromatic carbocycles. The van der Waals surface area contributed by atoms with Gasteiger partial charge in [0.2, 0.25) is 0 Å². The smallest absolute Gasteiger partial charge is 0.357 e. The molecule has 5 nitrogen and oxygen atoms in total. The van der Waals surface area contributed by atoms with Gasteiger partial charge < -0.3 is 10.5 Å². The van der Waals surface area contributed by atoms with Crippen LogP contribution in [0.15, 0.2) is 4.90 Å². The Morgan fingerprint density at radius 1 is 1.77 bits per heavy atom. The number of carbonyl (C=O) groups excluding carboxylic acids is 1. The summed E-state index contributed by atoms with van der Waals surface area (Å²) in [5.41, 5.74) is 5.74. The second-order valence-corrected chi connectivity index (χ2v) is 2.87. The van der Waals surface area contributed by atoms with Gasteiger partial charge in [0.15, 0.2) is 11.5 Å². The number of ether oxygens (including phenoxy) is 1. The van der Waals surface area contributed by atoms with Crippen molar-refractivity contribution in [3.63, 3.8) is 0 Å². The van der Waals surface area contributed by atoms with Crippen molar-refractivity contribution in [3.05, 3.63) is 5.69 Å². The number of aromatic nitrogens is 2. The molecule has 1 heterocycles. The van der Waals surface area contributed by atoms with Gasteiger partial charge in [-0.1, -0.05) is 0 Å². The molecule has 0 atom stereocenters. The molecule has 0 fully saturated rings. The van der Waals surface area contributed by atoms with E-state index >= 15 is 0 Å². The van der Waals surface area contributed by atoms with Gasteiger partial charge in [-0.3, -0.25) is 4.68 Å². The summed E-state index contributed by atoms with van der Waals surface area (Å²) in [6, 6.07) is 0. The van der Waals surface area contributed by atoms with Crippen molar-refractivity contribution in [3.8, 4) is 0 Å². The van der Waals surface area contributed by atoms with Crippen LogP contribution in [0, 0.1) is 0 Å². The molecule has 72 valence electrons. The highest BCUT2D eigenvalue weighted by molar-refractivity contribution is 7.80. The highest BCUT2D eigenvalue weighted by atomic mass is 32.1. The molecule has 1 rings (SSSR count). The number of nitrogens with zero attached hydrogens (tertiary/aromatic N) is 2. The van der Waals surface area contributed by atoms with Gasteiger partial charge in [-0.05, 0) is 6.92 Å². The average molecular weight is 201 g/mol. The molecule has 0 aliphatic rings. The number of thiol groups is 1. The van der Waals surface area contributed by atoms with Crippen LogP contribution in [0.25, 0.3) is 0 Å². The number of hydrogen-bond donors (Lipinski definition) is 2. The lowest BCUT2D eigenvalue weighted by molar-refractivity contribution is 0.0509. The predicted molar refractivity (Wildman–Crippen MR) is 50.8 cm³/mol. The van der Waals surface area contributed by atoms with Crippen molar-refractivity contribution in [2.24, 2.45) is 7.05 Å². The molecule has 13 heavy (non-hydrogen) atoms. The van der Waals surface area contributed by atoms with Gasteiger partial charge in [-0.25, -0.2) is 4.79 Å². The van der Waals surface area contributed by atoms with E-state index in [0.717, 1.165) is 0 Å². The zero-order valence-electron chi connectivity index (χ0n) is 7.44. The maximum atomic E-state index is 11.3. The van der Waals surface area contributed by atoms with Crippen LogP contribution in [0.4, 0.5) is 5.82 Å². The number of aryl methyl sites for hydroxylation is 1. The van der Waals surface area contributed by atoms with Crippen molar-refractivity contribution >= 4 is 24.4 Å². The highest BCUT2D eigenvalue weighted by Gasteiger charge is 2.18. The Kier molecular flexibility index (Phi) is 2.82. The fourth-order valence-corrected chi connectivity index (χ4v) is 1.24. The Labute approximate surface area is 81.3 Å². The van der Waals surface area contributed by atoms with E-state index in [-0.39, 0.29) is 11.5 Å². The number of carbonyl (C=O) groups is 1. The average Bonchev–Trinajstić information content (AvgIpc) is 2.27. The third-order valence-corrected chi connectivity index (χ3v) is 1.96. The van der Waals surface area contributed by atoms with Gasteiger partial charge in [0.05, 0.1) is 11.5 Å². The van der Waals surface area contributed by atoms with Crippen molar-refractivity contribution in [1.29, 1.82) is 0 Å². The van der Waals surface area contributed by atoms with Crippen LogP contribution in [0.2, 0.25) is 0 Å². The summed E-state index contributed by atoms with van der Waals surface area (Å²) in [7, 11) is 1.61. The molecule has 0 aliphatic heterocycles. The Balaban J connectivity index is 3.06.